The third kappa shape index (κ3) is 5.48. The topological polar surface area (TPSA) is 86.8 Å². The number of benzene rings is 2. The first-order valence-corrected chi connectivity index (χ1v) is 11.0. The van der Waals surface area contributed by atoms with E-state index < -0.39 is 0 Å². The molecule has 1 atom stereocenters. The summed E-state index contributed by atoms with van der Waals surface area (Å²) >= 11 is 0. The van der Waals surface area contributed by atoms with Gasteiger partial charge in [-0.3, -0.25) is 0 Å². The average molecular weight is 459 g/mol. The van der Waals surface area contributed by atoms with Gasteiger partial charge in [-0.1, -0.05) is 48.4 Å². The lowest BCUT2D eigenvalue weighted by molar-refractivity contribution is 0.0601. The predicted molar refractivity (Wildman–Crippen MR) is 128 cm³/mol. The van der Waals surface area contributed by atoms with E-state index in [1.165, 1.54) is 6.33 Å². The van der Waals surface area contributed by atoms with Crippen LogP contribution in [-0.2, 0) is 11.2 Å². The molecule has 0 aliphatic heterocycles. The van der Waals surface area contributed by atoms with Crippen LogP contribution in [0, 0.1) is 12.0 Å². The molecule has 0 bridgehead atoms. The van der Waals surface area contributed by atoms with Crippen LogP contribution in [0.15, 0.2) is 65.3 Å². The molecule has 174 valence electrons. The molecule has 2 aromatic heterocycles. The highest BCUT2D eigenvalue weighted by Gasteiger charge is 2.22. The number of hydrogen-bond donors (Lipinski definition) is 1. The Morgan fingerprint density at radius 1 is 1.06 bits per heavy atom. The van der Waals surface area contributed by atoms with Crippen molar-refractivity contribution in [2.24, 2.45) is 0 Å². The zero-order chi connectivity index (χ0) is 23.8. The molecule has 7 nitrogen and oxygen atoms in total. The lowest BCUT2D eigenvalue weighted by atomic mass is 9.99. The first-order chi connectivity index (χ1) is 16.7. The summed E-state index contributed by atoms with van der Waals surface area (Å²) in [6.45, 7) is 2.68. The van der Waals surface area contributed by atoms with E-state index in [0.29, 0.717) is 37.6 Å². The number of fused-ring (bicyclic) bond motifs is 1. The molecule has 2 heterocycles. The van der Waals surface area contributed by atoms with Crippen LogP contribution < -0.4 is 9.47 Å². The molecule has 0 saturated heterocycles. The summed E-state index contributed by atoms with van der Waals surface area (Å²) in [6.07, 6.45) is 4.11. The van der Waals surface area contributed by atoms with Gasteiger partial charge in [0, 0.05) is 24.0 Å². The number of nitrogens with zero attached hydrogens (tertiary/aromatic N) is 2. The minimum atomic E-state index is -0.260. The molecule has 0 aliphatic rings. The molecular formula is C27H26N2O5. The van der Waals surface area contributed by atoms with Crippen LogP contribution in [0.5, 0.6) is 11.6 Å². The minimum absolute atomic E-state index is 0.260. The standard InChI is InChI=1S/C27H26N2O5/c1-19(17-32-15-7-6-14-30)33-26-24-23(16-20-10-12-22(31-2)13-11-20)25(21-8-4-3-5-9-21)34-27(24)29-18-28-26/h3-5,8-13,18-19,30H,7,15-17H2,1-2H3. The first-order valence-electron chi connectivity index (χ1n) is 11.0. The van der Waals surface area contributed by atoms with Crippen LogP contribution in [0.25, 0.3) is 22.4 Å². The van der Waals surface area contributed by atoms with E-state index in [1.807, 2.05) is 67.6 Å². The van der Waals surface area contributed by atoms with Crippen molar-refractivity contribution in [3.63, 3.8) is 0 Å². The van der Waals surface area contributed by atoms with Crippen LogP contribution in [0.3, 0.4) is 0 Å². The third-order valence-corrected chi connectivity index (χ3v) is 5.24. The van der Waals surface area contributed by atoms with E-state index in [2.05, 4.69) is 15.9 Å². The molecular weight excluding hydrogens is 432 g/mol. The van der Waals surface area contributed by atoms with Crippen molar-refractivity contribution in [3.05, 3.63) is 72.1 Å². The molecule has 4 rings (SSSR count). The molecule has 1 N–H and O–H groups in total. The maximum absolute atomic E-state index is 8.54. The van der Waals surface area contributed by atoms with Gasteiger partial charge in [0.2, 0.25) is 11.6 Å². The number of rotatable bonds is 10. The van der Waals surface area contributed by atoms with Gasteiger partial charge in [0.05, 0.1) is 20.3 Å². The summed E-state index contributed by atoms with van der Waals surface area (Å²) in [5, 5.41) is 9.29. The highest BCUT2D eigenvalue weighted by atomic mass is 16.5. The number of aromatic nitrogens is 2. The van der Waals surface area contributed by atoms with Crippen LogP contribution in [0.1, 0.15) is 24.5 Å². The highest BCUT2D eigenvalue weighted by Crippen LogP contribution is 2.38. The molecule has 0 radical (unpaired) electrons. The molecule has 2 aromatic carbocycles. The molecule has 0 spiro atoms. The van der Waals surface area contributed by atoms with Gasteiger partial charge in [0.1, 0.15) is 35.4 Å². The molecule has 0 amide bonds. The van der Waals surface area contributed by atoms with Gasteiger partial charge in [0.25, 0.3) is 0 Å². The summed E-state index contributed by atoms with van der Waals surface area (Å²) in [7, 11) is 1.65. The number of furan rings is 1. The average Bonchev–Trinajstić information content (AvgIpc) is 3.24. The summed E-state index contributed by atoms with van der Waals surface area (Å²) < 4.78 is 23.3. The van der Waals surface area contributed by atoms with Gasteiger partial charge in [-0.15, -0.1) is 0 Å². The van der Waals surface area contributed by atoms with Crippen molar-refractivity contribution in [2.75, 3.05) is 20.3 Å². The smallest absolute Gasteiger partial charge is 0.233 e. The molecule has 1 unspecified atom stereocenters. The lowest BCUT2D eigenvalue weighted by Gasteiger charge is -2.14. The summed E-state index contributed by atoms with van der Waals surface area (Å²) in [5.41, 5.74) is 3.47. The third-order valence-electron chi connectivity index (χ3n) is 5.24. The fourth-order valence-corrected chi connectivity index (χ4v) is 3.64. The van der Waals surface area contributed by atoms with Crippen molar-refractivity contribution in [2.45, 2.75) is 25.9 Å². The number of ether oxygens (including phenoxy) is 3. The Balaban J connectivity index is 1.68. The largest absolute Gasteiger partial charge is 0.497 e. The van der Waals surface area contributed by atoms with E-state index in [1.54, 1.807) is 7.11 Å². The van der Waals surface area contributed by atoms with Gasteiger partial charge in [-0.05, 0) is 24.6 Å². The second kappa shape index (κ2) is 11.2. The van der Waals surface area contributed by atoms with Gasteiger partial charge in [0.15, 0.2) is 0 Å². The van der Waals surface area contributed by atoms with Gasteiger partial charge in [-0.25, -0.2) is 9.97 Å². The number of hydrogen-bond acceptors (Lipinski definition) is 7. The van der Waals surface area contributed by atoms with Crippen molar-refractivity contribution in [1.82, 2.24) is 9.97 Å². The van der Waals surface area contributed by atoms with Crippen molar-refractivity contribution >= 4 is 11.1 Å². The Morgan fingerprint density at radius 3 is 2.59 bits per heavy atom. The van der Waals surface area contributed by atoms with Gasteiger partial charge < -0.3 is 23.7 Å². The molecule has 34 heavy (non-hydrogen) atoms. The van der Waals surface area contributed by atoms with Crippen LogP contribution in [-0.4, -0.2) is 41.5 Å². The second-order valence-corrected chi connectivity index (χ2v) is 7.70. The van der Waals surface area contributed by atoms with E-state index >= 15 is 0 Å². The van der Waals surface area contributed by atoms with Crippen molar-refractivity contribution in [1.29, 1.82) is 0 Å². The Hall–Kier alpha value is -4.02. The molecule has 7 heteroatoms. The van der Waals surface area contributed by atoms with E-state index in [4.69, 9.17) is 23.7 Å². The van der Waals surface area contributed by atoms with Crippen LogP contribution in [0.2, 0.25) is 0 Å². The maximum Gasteiger partial charge on any atom is 0.233 e. The number of aliphatic hydroxyl groups excluding tert-OH is 1. The minimum Gasteiger partial charge on any atom is -0.497 e. The zero-order valence-corrected chi connectivity index (χ0v) is 19.2. The number of aliphatic hydroxyl groups is 1. The lowest BCUT2D eigenvalue weighted by Crippen LogP contribution is -2.20. The normalized spacial score (nSPS) is 11.6. The summed E-state index contributed by atoms with van der Waals surface area (Å²) in [6, 6.07) is 17.9. The van der Waals surface area contributed by atoms with Gasteiger partial charge in [-0.2, -0.15) is 0 Å². The molecule has 0 aliphatic carbocycles. The Bertz CT molecular complexity index is 1270. The van der Waals surface area contributed by atoms with Crippen LogP contribution >= 0.6 is 0 Å². The maximum atomic E-state index is 8.54. The van der Waals surface area contributed by atoms with Gasteiger partial charge >= 0.3 is 0 Å². The molecule has 0 fully saturated rings. The SMILES string of the molecule is COc1ccc(Cc2c(-c3ccccc3)oc3ncnc(OC(C)COCCC#CO)c23)cc1. The second-order valence-electron chi connectivity index (χ2n) is 7.70. The Morgan fingerprint density at radius 2 is 1.85 bits per heavy atom. The molecule has 0 saturated carbocycles. The first kappa shape index (κ1) is 23.1. The van der Waals surface area contributed by atoms with Crippen LogP contribution in [0.4, 0.5) is 0 Å². The monoisotopic (exact) mass is 458 g/mol. The van der Waals surface area contributed by atoms with E-state index in [0.717, 1.165) is 33.6 Å². The fourth-order valence-electron chi connectivity index (χ4n) is 3.64. The van der Waals surface area contributed by atoms with E-state index in [-0.39, 0.29) is 6.10 Å². The van der Waals surface area contributed by atoms with Crippen molar-refractivity contribution < 1.29 is 23.7 Å². The quantitative estimate of drug-likeness (QED) is 0.264. The molecule has 4 aromatic rings. The highest BCUT2D eigenvalue weighted by molar-refractivity contribution is 5.89. The summed E-state index contributed by atoms with van der Waals surface area (Å²) in [4.78, 5) is 8.79. The van der Waals surface area contributed by atoms with E-state index in [9.17, 15) is 0 Å². The Kier molecular flexibility index (Phi) is 7.63. The Labute approximate surface area is 198 Å². The number of methoxy groups -OCH3 is 1. The predicted octanol–water partition coefficient (Wildman–Crippen LogP) is 5.00. The zero-order valence-electron chi connectivity index (χ0n) is 19.2. The van der Waals surface area contributed by atoms with Crippen molar-refractivity contribution in [3.8, 4) is 35.0 Å². The summed E-state index contributed by atoms with van der Waals surface area (Å²) in [5.74, 6) is 4.54. The fraction of sp³-hybridized carbons (Fsp3) is 0.259.